The van der Waals surface area contributed by atoms with Gasteiger partial charge in [0, 0.05) is 5.69 Å². The molecule has 1 aromatic carbocycles. The lowest BCUT2D eigenvalue weighted by molar-refractivity contribution is -0.127. The average molecular weight is 284 g/mol. The summed E-state index contributed by atoms with van der Waals surface area (Å²) in [5.41, 5.74) is 5.96. The molecule has 0 radical (unpaired) electrons. The molecule has 1 atom stereocenters. The van der Waals surface area contributed by atoms with Gasteiger partial charge in [-0.1, -0.05) is 0 Å². The fraction of sp³-hybridized carbons (Fsp3) is 0.500. The van der Waals surface area contributed by atoms with E-state index < -0.39 is 17.8 Å². The second-order valence-corrected chi connectivity index (χ2v) is 4.66. The molecule has 112 valence electrons. The summed E-state index contributed by atoms with van der Waals surface area (Å²) < 4.78 is 24.1. The van der Waals surface area contributed by atoms with Crippen LogP contribution < -0.4 is 11.1 Å². The van der Waals surface area contributed by atoms with E-state index in [2.05, 4.69) is 5.32 Å². The molecule has 0 bridgehead atoms. The first kappa shape index (κ1) is 16.4. The normalized spacial score (nSPS) is 12.4. The van der Waals surface area contributed by atoms with Gasteiger partial charge in [-0.15, -0.1) is 0 Å². The molecule has 6 heteroatoms. The van der Waals surface area contributed by atoms with Gasteiger partial charge < -0.3 is 20.5 Å². The number of hydrogen-bond acceptors (Lipinski definition) is 4. The average Bonchev–Trinajstić information content (AvgIpc) is 2.38. The first-order valence-electron chi connectivity index (χ1n) is 6.49. The van der Waals surface area contributed by atoms with Gasteiger partial charge in [0.05, 0.1) is 25.0 Å². The summed E-state index contributed by atoms with van der Waals surface area (Å²) in [6, 6.07) is 3.99. The molecule has 0 fully saturated rings. The molecule has 1 aromatic rings. The van der Waals surface area contributed by atoms with Crippen molar-refractivity contribution >= 4 is 17.3 Å². The standard InChI is InChI=1S/C14H21FN2O3/c1-9(2)19-6-7-20-10(3)14(18)17-13-8-11(16)4-5-12(13)15/h4-5,8-10H,6-7,16H2,1-3H3,(H,17,18). The molecule has 1 rings (SSSR count). The van der Waals surface area contributed by atoms with Crippen molar-refractivity contribution in [3.63, 3.8) is 0 Å². The van der Waals surface area contributed by atoms with Crippen LogP contribution in [0.5, 0.6) is 0 Å². The molecule has 0 aliphatic carbocycles. The molecule has 0 saturated carbocycles. The lowest BCUT2D eigenvalue weighted by Gasteiger charge is -2.15. The van der Waals surface area contributed by atoms with Crippen LogP contribution in [0.25, 0.3) is 0 Å². The van der Waals surface area contributed by atoms with Crippen LogP contribution in [-0.2, 0) is 14.3 Å². The van der Waals surface area contributed by atoms with Crippen LogP contribution in [0.4, 0.5) is 15.8 Å². The summed E-state index contributed by atoms with van der Waals surface area (Å²) in [6.07, 6.45) is -0.587. The Morgan fingerprint density at radius 3 is 2.60 bits per heavy atom. The molecule has 20 heavy (non-hydrogen) atoms. The van der Waals surface area contributed by atoms with Gasteiger partial charge in [0.1, 0.15) is 11.9 Å². The van der Waals surface area contributed by atoms with Crippen molar-refractivity contribution in [3.05, 3.63) is 24.0 Å². The van der Waals surface area contributed by atoms with Crippen molar-refractivity contribution < 1.29 is 18.7 Å². The molecule has 1 amide bonds. The first-order valence-corrected chi connectivity index (χ1v) is 6.49. The Kier molecular flexibility index (Phi) is 6.41. The highest BCUT2D eigenvalue weighted by atomic mass is 19.1. The predicted molar refractivity (Wildman–Crippen MR) is 75.9 cm³/mol. The zero-order valence-corrected chi connectivity index (χ0v) is 12.0. The Morgan fingerprint density at radius 2 is 1.95 bits per heavy atom. The van der Waals surface area contributed by atoms with Gasteiger partial charge in [0.15, 0.2) is 0 Å². The zero-order valence-electron chi connectivity index (χ0n) is 12.0. The van der Waals surface area contributed by atoms with E-state index in [9.17, 15) is 9.18 Å². The van der Waals surface area contributed by atoms with Gasteiger partial charge in [-0.2, -0.15) is 0 Å². The van der Waals surface area contributed by atoms with E-state index in [1.807, 2.05) is 13.8 Å². The molecule has 5 nitrogen and oxygen atoms in total. The van der Waals surface area contributed by atoms with Gasteiger partial charge >= 0.3 is 0 Å². The van der Waals surface area contributed by atoms with Gasteiger partial charge in [0.25, 0.3) is 5.91 Å². The number of halogens is 1. The molecule has 0 spiro atoms. The summed E-state index contributed by atoms with van der Waals surface area (Å²) in [5.74, 6) is -0.970. The maximum absolute atomic E-state index is 13.5. The van der Waals surface area contributed by atoms with E-state index in [4.69, 9.17) is 15.2 Å². The van der Waals surface area contributed by atoms with Gasteiger partial charge in [0.2, 0.25) is 0 Å². The molecule has 0 saturated heterocycles. The number of rotatable bonds is 7. The summed E-state index contributed by atoms with van der Waals surface area (Å²) in [6.45, 7) is 6.13. The lowest BCUT2D eigenvalue weighted by Crippen LogP contribution is -2.29. The number of ether oxygens (including phenoxy) is 2. The van der Waals surface area contributed by atoms with Crippen LogP contribution in [-0.4, -0.2) is 31.3 Å². The van der Waals surface area contributed by atoms with Crippen molar-refractivity contribution in [2.45, 2.75) is 33.0 Å². The van der Waals surface area contributed by atoms with E-state index in [0.29, 0.717) is 18.9 Å². The SMILES string of the molecule is CC(C)OCCOC(C)C(=O)Nc1cc(N)ccc1F. The van der Waals surface area contributed by atoms with Crippen molar-refractivity contribution in [2.75, 3.05) is 24.3 Å². The number of nitrogens with two attached hydrogens (primary N) is 1. The van der Waals surface area contributed by atoms with Crippen LogP contribution in [0, 0.1) is 5.82 Å². The maximum Gasteiger partial charge on any atom is 0.253 e. The minimum absolute atomic E-state index is 0.0453. The molecule has 0 aliphatic heterocycles. The number of hydrogen-bond donors (Lipinski definition) is 2. The van der Waals surface area contributed by atoms with Gasteiger partial charge in [-0.25, -0.2) is 4.39 Å². The number of amides is 1. The Hall–Kier alpha value is -1.66. The van der Waals surface area contributed by atoms with Crippen LogP contribution in [0.2, 0.25) is 0 Å². The smallest absolute Gasteiger partial charge is 0.253 e. The number of nitrogen functional groups attached to an aromatic ring is 1. The topological polar surface area (TPSA) is 73.6 Å². The van der Waals surface area contributed by atoms with Crippen molar-refractivity contribution in [3.8, 4) is 0 Å². The van der Waals surface area contributed by atoms with Crippen molar-refractivity contribution in [1.29, 1.82) is 0 Å². The van der Waals surface area contributed by atoms with E-state index in [0.717, 1.165) is 0 Å². The molecular weight excluding hydrogens is 263 g/mol. The highest BCUT2D eigenvalue weighted by Crippen LogP contribution is 2.17. The van der Waals surface area contributed by atoms with E-state index >= 15 is 0 Å². The van der Waals surface area contributed by atoms with Crippen molar-refractivity contribution in [1.82, 2.24) is 0 Å². The Bertz CT molecular complexity index is 452. The lowest BCUT2D eigenvalue weighted by atomic mass is 10.2. The van der Waals surface area contributed by atoms with E-state index in [-0.39, 0.29) is 11.8 Å². The largest absolute Gasteiger partial charge is 0.399 e. The van der Waals surface area contributed by atoms with Crippen LogP contribution in [0.15, 0.2) is 18.2 Å². The summed E-state index contributed by atoms with van der Waals surface area (Å²) in [7, 11) is 0. The molecular formula is C14H21FN2O3. The first-order chi connectivity index (χ1) is 9.40. The number of anilines is 2. The monoisotopic (exact) mass is 284 g/mol. The number of carbonyl (C=O) groups is 1. The third-order valence-corrected chi connectivity index (χ3v) is 2.52. The van der Waals surface area contributed by atoms with Crippen LogP contribution >= 0.6 is 0 Å². The van der Waals surface area contributed by atoms with Crippen LogP contribution in [0.1, 0.15) is 20.8 Å². The molecule has 3 N–H and O–H groups in total. The quantitative estimate of drug-likeness (QED) is 0.594. The molecule has 1 unspecified atom stereocenters. The highest BCUT2D eigenvalue weighted by molar-refractivity contribution is 5.94. The highest BCUT2D eigenvalue weighted by Gasteiger charge is 2.15. The number of benzene rings is 1. The number of carbonyl (C=O) groups excluding carboxylic acids is 1. The second-order valence-electron chi connectivity index (χ2n) is 4.66. The molecule has 0 aliphatic rings. The Morgan fingerprint density at radius 1 is 1.30 bits per heavy atom. The van der Waals surface area contributed by atoms with Gasteiger partial charge in [-0.05, 0) is 39.0 Å². The number of nitrogens with one attached hydrogen (secondary N) is 1. The van der Waals surface area contributed by atoms with E-state index in [1.54, 1.807) is 6.92 Å². The van der Waals surface area contributed by atoms with Gasteiger partial charge in [-0.3, -0.25) is 4.79 Å². The summed E-state index contributed by atoms with van der Waals surface area (Å²) in [4.78, 5) is 11.8. The van der Waals surface area contributed by atoms with E-state index in [1.165, 1.54) is 18.2 Å². The zero-order chi connectivity index (χ0) is 15.1. The fourth-order valence-corrected chi connectivity index (χ4v) is 1.46. The second kappa shape index (κ2) is 7.81. The molecule has 0 aromatic heterocycles. The third kappa shape index (κ3) is 5.54. The minimum atomic E-state index is -0.702. The molecule has 0 heterocycles. The summed E-state index contributed by atoms with van der Waals surface area (Å²) >= 11 is 0. The van der Waals surface area contributed by atoms with Crippen molar-refractivity contribution in [2.24, 2.45) is 0 Å². The summed E-state index contributed by atoms with van der Waals surface area (Å²) in [5, 5.41) is 2.44. The Balaban J connectivity index is 2.43. The van der Waals surface area contributed by atoms with Crippen LogP contribution in [0.3, 0.4) is 0 Å². The Labute approximate surface area is 118 Å². The maximum atomic E-state index is 13.5. The fourth-order valence-electron chi connectivity index (χ4n) is 1.46. The predicted octanol–water partition coefficient (Wildman–Crippen LogP) is 2.18. The third-order valence-electron chi connectivity index (χ3n) is 2.52. The minimum Gasteiger partial charge on any atom is -0.399 e.